The zero-order chi connectivity index (χ0) is 17.4. The van der Waals surface area contributed by atoms with Crippen LogP contribution < -0.4 is 5.32 Å². The molecule has 0 amide bonds. The fourth-order valence-corrected chi connectivity index (χ4v) is 3.67. The number of benzene rings is 2. The molecule has 0 aliphatic carbocycles. The zero-order valence-electron chi connectivity index (χ0n) is 13.4. The lowest BCUT2D eigenvalue weighted by Crippen LogP contribution is -2.07. The normalized spacial score (nSPS) is 13.9. The Morgan fingerprint density at radius 3 is 2.60 bits per heavy atom. The molecule has 3 nitrogen and oxygen atoms in total. The number of fused-ring (bicyclic) bond motifs is 1. The van der Waals surface area contributed by atoms with E-state index in [0.29, 0.717) is 10.0 Å². The number of rotatable bonds is 2. The van der Waals surface area contributed by atoms with Gasteiger partial charge < -0.3 is 5.32 Å². The van der Waals surface area contributed by atoms with Crippen molar-refractivity contribution in [2.45, 2.75) is 19.3 Å². The molecule has 1 aromatic heterocycles. The topological polar surface area (TPSA) is 29.9 Å². The summed E-state index contributed by atoms with van der Waals surface area (Å²) in [7, 11) is 0. The van der Waals surface area contributed by atoms with E-state index in [4.69, 9.17) is 28.3 Å². The molecule has 1 N–H and O–H groups in total. The molecule has 0 bridgehead atoms. The van der Waals surface area contributed by atoms with Gasteiger partial charge in [-0.1, -0.05) is 23.2 Å². The Bertz CT molecular complexity index is 919. The monoisotopic (exact) mass is 375 g/mol. The quantitative estimate of drug-likeness (QED) is 0.619. The van der Waals surface area contributed by atoms with Crippen LogP contribution in [0.25, 0.3) is 16.9 Å². The molecule has 0 unspecified atom stereocenters. The number of nitrogens with zero attached hydrogens (tertiary/aromatic N) is 2. The van der Waals surface area contributed by atoms with Crippen LogP contribution in [0, 0.1) is 5.82 Å². The number of hydrogen-bond donors (Lipinski definition) is 1. The molecular weight excluding hydrogens is 360 g/mol. The highest BCUT2D eigenvalue weighted by atomic mass is 35.5. The highest BCUT2D eigenvalue weighted by Gasteiger charge is 2.23. The van der Waals surface area contributed by atoms with Crippen LogP contribution in [-0.4, -0.2) is 16.3 Å². The van der Waals surface area contributed by atoms with Crippen molar-refractivity contribution in [3.8, 4) is 16.9 Å². The van der Waals surface area contributed by atoms with Gasteiger partial charge in [-0.3, -0.25) is 0 Å². The Labute approximate surface area is 155 Å². The summed E-state index contributed by atoms with van der Waals surface area (Å²) in [6.45, 7) is 0.883. The van der Waals surface area contributed by atoms with Crippen molar-refractivity contribution >= 4 is 29.0 Å². The second-order valence-corrected chi connectivity index (χ2v) is 6.92. The molecule has 0 radical (unpaired) electrons. The Morgan fingerprint density at radius 2 is 1.84 bits per heavy atom. The number of nitrogens with one attached hydrogen (secondary N) is 1. The van der Waals surface area contributed by atoms with Gasteiger partial charge >= 0.3 is 0 Å². The van der Waals surface area contributed by atoms with Crippen LogP contribution in [0.1, 0.15) is 18.4 Å². The third-order valence-corrected chi connectivity index (χ3v) is 4.93. The summed E-state index contributed by atoms with van der Waals surface area (Å²) in [5, 5.41) is 9.43. The molecule has 1 aliphatic heterocycles. The van der Waals surface area contributed by atoms with E-state index in [1.165, 1.54) is 12.1 Å². The Morgan fingerprint density at radius 1 is 1.04 bits per heavy atom. The van der Waals surface area contributed by atoms with Crippen LogP contribution in [0.2, 0.25) is 10.0 Å². The second-order valence-electron chi connectivity index (χ2n) is 6.07. The maximum Gasteiger partial charge on any atom is 0.133 e. The average Bonchev–Trinajstić information content (AvgIpc) is 2.78. The molecule has 0 saturated heterocycles. The van der Waals surface area contributed by atoms with Crippen molar-refractivity contribution in [3.05, 3.63) is 63.9 Å². The highest BCUT2D eigenvalue weighted by Crippen LogP contribution is 2.37. The Kier molecular flexibility index (Phi) is 4.40. The predicted molar refractivity (Wildman–Crippen MR) is 100 cm³/mol. The summed E-state index contributed by atoms with van der Waals surface area (Å²) in [4.78, 5) is 0. The first-order valence-electron chi connectivity index (χ1n) is 8.20. The van der Waals surface area contributed by atoms with Crippen LogP contribution in [0.5, 0.6) is 0 Å². The molecular formula is C19H16Cl2FN3. The molecule has 0 atom stereocenters. The molecule has 0 fully saturated rings. The number of aromatic nitrogens is 2. The van der Waals surface area contributed by atoms with Crippen molar-refractivity contribution in [3.63, 3.8) is 0 Å². The molecule has 25 heavy (non-hydrogen) atoms. The molecule has 1 aliphatic rings. The van der Waals surface area contributed by atoms with Crippen molar-refractivity contribution in [2.24, 2.45) is 0 Å². The van der Waals surface area contributed by atoms with Crippen LogP contribution in [0.4, 0.5) is 10.2 Å². The second kappa shape index (κ2) is 6.70. The van der Waals surface area contributed by atoms with E-state index in [2.05, 4.69) is 5.32 Å². The minimum Gasteiger partial charge on any atom is -0.370 e. The minimum atomic E-state index is -0.268. The van der Waals surface area contributed by atoms with Crippen molar-refractivity contribution in [2.75, 3.05) is 11.9 Å². The summed E-state index contributed by atoms with van der Waals surface area (Å²) in [6, 6.07) is 11.8. The number of hydrogen-bond acceptors (Lipinski definition) is 2. The van der Waals surface area contributed by atoms with Crippen molar-refractivity contribution in [1.29, 1.82) is 0 Å². The lowest BCUT2D eigenvalue weighted by atomic mass is 10.0. The molecule has 0 saturated carbocycles. The maximum atomic E-state index is 13.3. The summed E-state index contributed by atoms with van der Waals surface area (Å²) >= 11 is 12.5. The van der Waals surface area contributed by atoms with Crippen LogP contribution in [0.3, 0.4) is 0 Å². The maximum absolute atomic E-state index is 13.3. The molecule has 6 heteroatoms. The lowest BCUT2D eigenvalue weighted by molar-refractivity contribution is 0.627. The fourth-order valence-electron chi connectivity index (χ4n) is 3.17. The van der Waals surface area contributed by atoms with E-state index in [0.717, 1.165) is 54.1 Å². The first-order valence-corrected chi connectivity index (χ1v) is 8.96. The zero-order valence-corrected chi connectivity index (χ0v) is 14.9. The summed E-state index contributed by atoms with van der Waals surface area (Å²) in [6.07, 6.45) is 3.08. The third-order valence-electron chi connectivity index (χ3n) is 4.39. The van der Waals surface area contributed by atoms with Gasteiger partial charge in [0.15, 0.2) is 0 Å². The SMILES string of the molecule is Fc1ccc(-n2nc(-c3ccc(Cl)cc3Cl)c3c2NCCCC3)cc1. The first kappa shape index (κ1) is 16.4. The standard InChI is InChI=1S/C19H16Cl2FN3/c20-12-4-9-15(17(21)11-12)18-16-3-1-2-10-23-19(16)25(24-18)14-7-5-13(22)6-8-14/h4-9,11,23H,1-3,10H2. The van der Waals surface area contributed by atoms with Gasteiger partial charge in [-0.25, -0.2) is 9.07 Å². The minimum absolute atomic E-state index is 0.268. The average molecular weight is 376 g/mol. The van der Waals surface area contributed by atoms with Crippen LogP contribution >= 0.6 is 23.2 Å². The van der Waals surface area contributed by atoms with Gasteiger partial charge in [0.2, 0.25) is 0 Å². The third kappa shape index (κ3) is 3.12. The first-order chi connectivity index (χ1) is 12.1. The van der Waals surface area contributed by atoms with Gasteiger partial charge in [0.05, 0.1) is 16.4 Å². The molecule has 3 aromatic rings. The van der Waals surface area contributed by atoms with Gasteiger partial charge in [-0.2, -0.15) is 5.10 Å². The van der Waals surface area contributed by atoms with Gasteiger partial charge in [0.25, 0.3) is 0 Å². The van der Waals surface area contributed by atoms with E-state index in [9.17, 15) is 4.39 Å². The van der Waals surface area contributed by atoms with Gasteiger partial charge in [-0.15, -0.1) is 0 Å². The van der Waals surface area contributed by atoms with E-state index >= 15 is 0 Å². The summed E-state index contributed by atoms with van der Waals surface area (Å²) in [5.41, 5.74) is 3.64. The van der Waals surface area contributed by atoms with Gasteiger partial charge in [0, 0.05) is 22.7 Å². The molecule has 2 aromatic carbocycles. The van der Waals surface area contributed by atoms with E-state index in [1.807, 2.05) is 16.8 Å². The predicted octanol–water partition coefficient (Wildman–Crippen LogP) is 5.73. The summed E-state index contributed by atoms with van der Waals surface area (Å²) in [5.74, 6) is 0.682. The molecule has 2 heterocycles. The van der Waals surface area contributed by atoms with Crippen LogP contribution in [0.15, 0.2) is 42.5 Å². The molecule has 128 valence electrons. The fraction of sp³-hybridized carbons (Fsp3) is 0.211. The van der Waals surface area contributed by atoms with Gasteiger partial charge in [-0.05, 0) is 61.7 Å². The number of halogens is 3. The molecule has 0 spiro atoms. The van der Waals surface area contributed by atoms with Crippen molar-refractivity contribution in [1.82, 2.24) is 9.78 Å². The highest BCUT2D eigenvalue weighted by molar-refractivity contribution is 6.36. The van der Waals surface area contributed by atoms with E-state index < -0.39 is 0 Å². The van der Waals surface area contributed by atoms with E-state index in [-0.39, 0.29) is 5.82 Å². The molecule has 4 rings (SSSR count). The Balaban J connectivity index is 1.91. The van der Waals surface area contributed by atoms with Crippen LogP contribution in [-0.2, 0) is 6.42 Å². The lowest BCUT2D eigenvalue weighted by Gasteiger charge is -2.09. The smallest absolute Gasteiger partial charge is 0.133 e. The summed E-state index contributed by atoms with van der Waals surface area (Å²) < 4.78 is 15.1. The largest absolute Gasteiger partial charge is 0.370 e. The van der Waals surface area contributed by atoms with Gasteiger partial charge in [0.1, 0.15) is 11.6 Å². The Hall–Kier alpha value is -2.04. The van der Waals surface area contributed by atoms with Crippen molar-refractivity contribution < 1.29 is 4.39 Å². The van der Waals surface area contributed by atoms with E-state index in [1.54, 1.807) is 18.2 Å². The number of anilines is 1.